The van der Waals surface area contributed by atoms with Gasteiger partial charge in [0, 0.05) is 17.0 Å². The van der Waals surface area contributed by atoms with Gasteiger partial charge in [0.15, 0.2) is 35.8 Å². The van der Waals surface area contributed by atoms with Crippen LogP contribution in [-0.4, -0.2) is 35.6 Å². The number of carbonyl (C=O) groups is 2. The lowest BCUT2D eigenvalue weighted by molar-refractivity contribution is 0.0474. The number of benzene rings is 2. The molecule has 1 aromatic heterocycles. The maximum atomic E-state index is 13.4. The van der Waals surface area contributed by atoms with Crippen LogP contribution in [0.15, 0.2) is 42.5 Å². The summed E-state index contributed by atoms with van der Waals surface area (Å²) >= 11 is 5.78. The van der Waals surface area contributed by atoms with E-state index in [2.05, 4.69) is 0 Å². The molecule has 1 aliphatic heterocycles. The molecular formula is C24H20ClF2NO5. The number of carbonyl (C=O) groups excluding carboxylic acids is 2. The molecule has 0 spiro atoms. The molecule has 3 aromatic rings. The molecule has 1 aliphatic rings. The number of ether oxygens (including phenoxy) is 3. The van der Waals surface area contributed by atoms with Crippen LogP contribution in [0, 0.1) is 25.5 Å². The lowest BCUT2D eigenvalue weighted by Crippen LogP contribution is -2.33. The first kappa shape index (κ1) is 22.8. The highest BCUT2D eigenvalue weighted by Gasteiger charge is 2.25. The van der Waals surface area contributed by atoms with Crippen LogP contribution in [0.1, 0.15) is 32.1 Å². The number of ketones is 1. The topological polar surface area (TPSA) is 66.8 Å². The summed E-state index contributed by atoms with van der Waals surface area (Å²) in [6.45, 7) is 3.89. The number of fused-ring (bicyclic) bond motifs is 1. The Morgan fingerprint density at radius 2 is 1.79 bits per heavy atom. The van der Waals surface area contributed by atoms with Crippen molar-refractivity contribution in [2.75, 3.05) is 13.2 Å². The minimum absolute atomic E-state index is 0.249. The highest BCUT2D eigenvalue weighted by Crippen LogP contribution is 2.31. The monoisotopic (exact) mass is 475 g/mol. The smallest absolute Gasteiger partial charge is 0.340 e. The van der Waals surface area contributed by atoms with Crippen molar-refractivity contribution in [3.8, 4) is 11.5 Å². The summed E-state index contributed by atoms with van der Waals surface area (Å²) in [5.74, 6) is -2.53. The van der Waals surface area contributed by atoms with Gasteiger partial charge >= 0.3 is 5.97 Å². The highest BCUT2D eigenvalue weighted by molar-refractivity contribution is 6.33. The summed E-state index contributed by atoms with van der Waals surface area (Å²) in [5, 5.41) is -0.305. The second-order valence-corrected chi connectivity index (χ2v) is 8.05. The molecule has 9 heteroatoms. The normalized spacial score (nSPS) is 14.8. The SMILES string of the molecule is Cc1cc(C(=O)COC(=O)c2cc(F)c(F)cc2Cl)c(C)n1CC1COc2ccccc2O1. The minimum atomic E-state index is -1.24. The average Bonchev–Trinajstić information content (AvgIpc) is 3.08. The van der Waals surface area contributed by atoms with E-state index in [1.807, 2.05) is 35.8 Å². The lowest BCUT2D eigenvalue weighted by atomic mass is 10.1. The number of Topliss-reactive ketones (excluding diaryl/α,β-unsaturated/α-hetero) is 1. The van der Waals surface area contributed by atoms with Crippen LogP contribution in [0.5, 0.6) is 11.5 Å². The highest BCUT2D eigenvalue weighted by atomic mass is 35.5. The third-order valence-electron chi connectivity index (χ3n) is 5.39. The van der Waals surface area contributed by atoms with Crippen LogP contribution < -0.4 is 9.47 Å². The van der Waals surface area contributed by atoms with Crippen LogP contribution in [0.4, 0.5) is 8.78 Å². The van der Waals surface area contributed by atoms with Crippen molar-refractivity contribution in [3.05, 3.63) is 81.6 Å². The molecule has 6 nitrogen and oxygen atoms in total. The summed E-state index contributed by atoms with van der Waals surface area (Å²) in [6, 6.07) is 10.4. The Labute approximate surface area is 193 Å². The van der Waals surface area contributed by atoms with Gasteiger partial charge < -0.3 is 18.8 Å². The van der Waals surface area contributed by atoms with Crippen molar-refractivity contribution in [1.82, 2.24) is 4.57 Å². The van der Waals surface area contributed by atoms with Crippen molar-refractivity contribution >= 4 is 23.4 Å². The fourth-order valence-electron chi connectivity index (χ4n) is 3.69. The number of hydrogen-bond donors (Lipinski definition) is 0. The number of para-hydroxylation sites is 2. The van der Waals surface area contributed by atoms with Crippen molar-refractivity contribution in [3.63, 3.8) is 0 Å². The van der Waals surface area contributed by atoms with Crippen LogP contribution >= 0.6 is 11.6 Å². The summed E-state index contributed by atoms with van der Waals surface area (Å²) in [5.41, 5.74) is 1.53. The summed E-state index contributed by atoms with van der Waals surface area (Å²) < 4.78 is 45.3. The third kappa shape index (κ3) is 4.71. The molecule has 0 fully saturated rings. The Morgan fingerprint density at radius 1 is 1.09 bits per heavy atom. The summed E-state index contributed by atoms with van der Waals surface area (Å²) in [7, 11) is 0. The van der Waals surface area contributed by atoms with Gasteiger partial charge in [-0.25, -0.2) is 13.6 Å². The standard InChI is InChI=1S/C24H20ClF2NO5/c1-13-7-16(21(29)12-32-24(30)17-8-19(26)20(27)9-18(17)25)14(2)28(13)10-15-11-31-22-5-3-4-6-23(22)33-15/h3-9,15H,10-12H2,1-2H3. The van der Waals surface area contributed by atoms with Crippen molar-refractivity contribution in [1.29, 1.82) is 0 Å². The van der Waals surface area contributed by atoms with E-state index in [-0.39, 0.29) is 16.7 Å². The first-order valence-corrected chi connectivity index (χ1v) is 10.5. The molecule has 2 heterocycles. The van der Waals surface area contributed by atoms with Gasteiger partial charge in [0.25, 0.3) is 0 Å². The second-order valence-electron chi connectivity index (χ2n) is 7.64. The zero-order valence-corrected chi connectivity index (χ0v) is 18.6. The van der Waals surface area contributed by atoms with Crippen LogP contribution in [0.25, 0.3) is 0 Å². The van der Waals surface area contributed by atoms with Crippen molar-refractivity contribution in [2.45, 2.75) is 26.5 Å². The molecule has 0 aliphatic carbocycles. The molecule has 0 saturated heterocycles. The Hall–Kier alpha value is -3.39. The van der Waals surface area contributed by atoms with Gasteiger partial charge in [0.05, 0.1) is 17.1 Å². The first-order valence-electron chi connectivity index (χ1n) is 10.1. The van der Waals surface area contributed by atoms with Gasteiger partial charge in [0.1, 0.15) is 6.61 Å². The Bertz CT molecular complexity index is 1240. The van der Waals surface area contributed by atoms with E-state index in [1.165, 1.54) is 0 Å². The van der Waals surface area contributed by atoms with Gasteiger partial charge in [-0.3, -0.25) is 4.79 Å². The minimum Gasteiger partial charge on any atom is -0.486 e. The number of aromatic nitrogens is 1. The molecule has 2 aromatic carbocycles. The molecule has 0 N–H and O–H groups in total. The van der Waals surface area contributed by atoms with Crippen LogP contribution in [0.3, 0.4) is 0 Å². The van der Waals surface area contributed by atoms with Crippen LogP contribution in [-0.2, 0) is 11.3 Å². The van der Waals surface area contributed by atoms with E-state index < -0.39 is 30.0 Å². The summed E-state index contributed by atoms with van der Waals surface area (Å²) in [4.78, 5) is 24.9. The lowest BCUT2D eigenvalue weighted by Gasteiger charge is -2.27. The van der Waals surface area contributed by atoms with Crippen LogP contribution in [0.2, 0.25) is 5.02 Å². The van der Waals surface area contributed by atoms with E-state index in [0.29, 0.717) is 48.0 Å². The van der Waals surface area contributed by atoms with Crippen molar-refractivity contribution < 1.29 is 32.6 Å². The number of aryl methyl sites for hydroxylation is 1. The maximum Gasteiger partial charge on any atom is 0.340 e. The molecule has 1 atom stereocenters. The van der Waals surface area contributed by atoms with E-state index in [1.54, 1.807) is 13.0 Å². The quantitative estimate of drug-likeness (QED) is 0.288. The number of hydrogen-bond acceptors (Lipinski definition) is 5. The zero-order chi connectivity index (χ0) is 23.7. The molecule has 172 valence electrons. The number of halogens is 3. The summed E-state index contributed by atoms with van der Waals surface area (Å²) in [6.07, 6.45) is -0.249. The van der Waals surface area contributed by atoms with Gasteiger partial charge in [0.2, 0.25) is 5.78 Å². The number of rotatable bonds is 6. The van der Waals surface area contributed by atoms with Gasteiger partial charge in [-0.15, -0.1) is 0 Å². The Morgan fingerprint density at radius 3 is 2.55 bits per heavy atom. The molecule has 0 saturated carbocycles. The molecule has 0 amide bonds. The third-order valence-corrected chi connectivity index (χ3v) is 5.70. The number of nitrogens with zero attached hydrogens (tertiary/aromatic N) is 1. The molecule has 0 radical (unpaired) electrons. The first-order chi connectivity index (χ1) is 15.7. The molecule has 0 bridgehead atoms. The maximum absolute atomic E-state index is 13.4. The zero-order valence-electron chi connectivity index (χ0n) is 17.9. The number of esters is 1. The largest absolute Gasteiger partial charge is 0.486 e. The van der Waals surface area contributed by atoms with Gasteiger partial charge in [-0.2, -0.15) is 0 Å². The van der Waals surface area contributed by atoms with E-state index in [4.69, 9.17) is 25.8 Å². The van der Waals surface area contributed by atoms with E-state index in [0.717, 1.165) is 5.69 Å². The van der Waals surface area contributed by atoms with E-state index in [9.17, 15) is 18.4 Å². The van der Waals surface area contributed by atoms with Gasteiger partial charge in [-0.05, 0) is 44.2 Å². The Kier molecular flexibility index (Phi) is 6.37. The van der Waals surface area contributed by atoms with Crippen molar-refractivity contribution in [2.24, 2.45) is 0 Å². The van der Waals surface area contributed by atoms with E-state index >= 15 is 0 Å². The predicted molar refractivity (Wildman–Crippen MR) is 116 cm³/mol. The fraction of sp³-hybridized carbons (Fsp3) is 0.250. The average molecular weight is 476 g/mol. The molecular weight excluding hydrogens is 456 g/mol. The molecule has 4 rings (SSSR count). The Balaban J connectivity index is 1.43. The molecule has 1 unspecified atom stereocenters. The van der Waals surface area contributed by atoms with Gasteiger partial charge in [-0.1, -0.05) is 23.7 Å². The predicted octanol–water partition coefficient (Wildman–Crippen LogP) is 4.92. The molecule has 33 heavy (non-hydrogen) atoms. The fourth-order valence-corrected chi connectivity index (χ4v) is 3.91. The second kappa shape index (κ2) is 9.23.